The van der Waals surface area contributed by atoms with Crippen molar-refractivity contribution < 1.29 is 5.11 Å². The van der Waals surface area contributed by atoms with Crippen LogP contribution in [0.25, 0.3) is 0 Å². The number of hydrogen-bond acceptors (Lipinski definition) is 2. The Balaban J connectivity index is 2.36. The lowest BCUT2D eigenvalue weighted by atomic mass is 10.0. The third-order valence-corrected chi connectivity index (χ3v) is 2.75. The van der Waals surface area contributed by atoms with Crippen LogP contribution < -0.4 is 0 Å². The van der Waals surface area contributed by atoms with Crippen LogP contribution in [-0.4, -0.2) is 21.3 Å². The molecule has 0 bridgehead atoms. The van der Waals surface area contributed by atoms with Gasteiger partial charge in [0.2, 0.25) is 0 Å². The van der Waals surface area contributed by atoms with E-state index in [1.807, 2.05) is 6.92 Å². The second kappa shape index (κ2) is 3.50. The van der Waals surface area contributed by atoms with Crippen LogP contribution in [0.2, 0.25) is 0 Å². The summed E-state index contributed by atoms with van der Waals surface area (Å²) in [5.41, 5.74) is 2.62. The fraction of sp³-hybridized carbons (Fsp3) is 0.700. The second-order valence-electron chi connectivity index (χ2n) is 3.63. The van der Waals surface area contributed by atoms with Crippen molar-refractivity contribution in [1.29, 1.82) is 0 Å². The third-order valence-electron chi connectivity index (χ3n) is 2.75. The number of aliphatic hydroxyl groups is 1. The first-order chi connectivity index (χ1) is 6.33. The van der Waals surface area contributed by atoms with Gasteiger partial charge in [0.15, 0.2) is 0 Å². The lowest BCUT2D eigenvalue weighted by molar-refractivity contribution is 0.272. The Kier molecular flexibility index (Phi) is 2.36. The number of aromatic nitrogens is 2. The molecule has 1 aromatic rings. The minimum absolute atomic E-state index is 0.212. The first kappa shape index (κ1) is 8.75. The topological polar surface area (TPSA) is 38.0 Å². The normalized spacial score (nSPS) is 15.8. The number of hydrogen-bond donors (Lipinski definition) is 1. The summed E-state index contributed by atoms with van der Waals surface area (Å²) < 4.78 is 2.16. The maximum absolute atomic E-state index is 8.92. The van der Waals surface area contributed by atoms with Crippen LogP contribution in [0.5, 0.6) is 0 Å². The van der Waals surface area contributed by atoms with E-state index in [1.54, 1.807) is 0 Å². The summed E-state index contributed by atoms with van der Waals surface area (Å²) in [6, 6.07) is 0. The number of rotatable bonds is 2. The van der Waals surface area contributed by atoms with Crippen LogP contribution in [0, 0.1) is 6.92 Å². The molecule has 3 nitrogen and oxygen atoms in total. The summed E-state index contributed by atoms with van der Waals surface area (Å²) in [4.78, 5) is 4.52. The van der Waals surface area contributed by atoms with Gasteiger partial charge in [0, 0.05) is 12.2 Å². The van der Waals surface area contributed by atoms with Gasteiger partial charge in [0.1, 0.15) is 5.82 Å². The van der Waals surface area contributed by atoms with Crippen LogP contribution >= 0.6 is 0 Å². The van der Waals surface area contributed by atoms with Gasteiger partial charge in [0.25, 0.3) is 0 Å². The first-order valence-electron chi connectivity index (χ1n) is 4.98. The van der Waals surface area contributed by atoms with Crippen LogP contribution in [-0.2, 0) is 19.4 Å². The van der Waals surface area contributed by atoms with Gasteiger partial charge in [0.05, 0.1) is 12.3 Å². The molecule has 72 valence electrons. The molecule has 1 aromatic heterocycles. The van der Waals surface area contributed by atoms with Crippen molar-refractivity contribution in [2.75, 3.05) is 6.61 Å². The van der Waals surface area contributed by atoms with E-state index in [1.165, 1.54) is 24.2 Å². The van der Waals surface area contributed by atoms with Crippen LogP contribution in [0.15, 0.2) is 0 Å². The molecule has 1 heterocycles. The molecular weight excluding hydrogens is 164 g/mol. The summed E-state index contributed by atoms with van der Waals surface area (Å²) in [5.74, 6) is 1.06. The fourth-order valence-corrected chi connectivity index (χ4v) is 2.13. The SMILES string of the molecule is Cc1nc2c(n1CCO)CCCC2. The molecule has 1 N–H and O–H groups in total. The molecule has 0 aliphatic heterocycles. The average Bonchev–Trinajstić information content (AvgIpc) is 2.44. The summed E-state index contributed by atoms with van der Waals surface area (Å²) in [6.45, 7) is 2.94. The lowest BCUT2D eigenvalue weighted by Crippen LogP contribution is -2.11. The molecule has 0 aromatic carbocycles. The van der Waals surface area contributed by atoms with Gasteiger partial charge < -0.3 is 9.67 Å². The molecule has 0 amide bonds. The average molecular weight is 180 g/mol. The van der Waals surface area contributed by atoms with Gasteiger partial charge >= 0.3 is 0 Å². The number of nitrogens with zero attached hydrogens (tertiary/aromatic N) is 2. The monoisotopic (exact) mass is 180 g/mol. The van der Waals surface area contributed by atoms with E-state index >= 15 is 0 Å². The van der Waals surface area contributed by atoms with E-state index in [0.29, 0.717) is 6.54 Å². The van der Waals surface area contributed by atoms with E-state index in [-0.39, 0.29) is 6.61 Å². The Morgan fingerprint density at radius 3 is 2.92 bits per heavy atom. The number of aliphatic hydroxyl groups excluding tert-OH is 1. The Morgan fingerprint density at radius 2 is 2.15 bits per heavy atom. The van der Waals surface area contributed by atoms with Gasteiger partial charge in [-0.3, -0.25) is 0 Å². The molecule has 0 saturated heterocycles. The standard InChI is InChI=1S/C10H16N2O/c1-8-11-9-4-2-3-5-10(9)12(8)6-7-13/h13H,2-7H2,1H3. The van der Waals surface area contributed by atoms with Crippen molar-refractivity contribution >= 4 is 0 Å². The fourth-order valence-electron chi connectivity index (χ4n) is 2.13. The van der Waals surface area contributed by atoms with Crippen molar-refractivity contribution in [2.24, 2.45) is 0 Å². The van der Waals surface area contributed by atoms with Gasteiger partial charge in [-0.25, -0.2) is 4.98 Å². The zero-order valence-corrected chi connectivity index (χ0v) is 8.08. The first-order valence-corrected chi connectivity index (χ1v) is 4.98. The molecule has 0 saturated carbocycles. The minimum atomic E-state index is 0.212. The highest BCUT2D eigenvalue weighted by Crippen LogP contribution is 2.21. The predicted molar refractivity (Wildman–Crippen MR) is 50.7 cm³/mol. The van der Waals surface area contributed by atoms with Crippen molar-refractivity contribution in [2.45, 2.75) is 39.2 Å². The molecule has 0 fully saturated rings. The molecule has 0 spiro atoms. The Labute approximate surface area is 78.4 Å². The van der Waals surface area contributed by atoms with Crippen LogP contribution in [0.3, 0.4) is 0 Å². The molecule has 13 heavy (non-hydrogen) atoms. The molecular formula is C10H16N2O. The molecule has 1 aliphatic rings. The van der Waals surface area contributed by atoms with E-state index < -0.39 is 0 Å². The molecule has 0 radical (unpaired) electrons. The third kappa shape index (κ3) is 1.48. The van der Waals surface area contributed by atoms with Crippen LogP contribution in [0.1, 0.15) is 30.1 Å². The Hall–Kier alpha value is -0.830. The van der Waals surface area contributed by atoms with E-state index in [9.17, 15) is 0 Å². The number of fused-ring (bicyclic) bond motifs is 1. The quantitative estimate of drug-likeness (QED) is 0.739. The lowest BCUT2D eigenvalue weighted by Gasteiger charge is -2.13. The van der Waals surface area contributed by atoms with Gasteiger partial charge in [-0.15, -0.1) is 0 Å². The summed E-state index contributed by atoms with van der Waals surface area (Å²) in [5, 5.41) is 8.92. The zero-order valence-electron chi connectivity index (χ0n) is 8.08. The number of imidazole rings is 1. The smallest absolute Gasteiger partial charge is 0.106 e. The van der Waals surface area contributed by atoms with Gasteiger partial charge in [-0.05, 0) is 32.6 Å². The number of aryl methyl sites for hydroxylation is 2. The molecule has 0 unspecified atom stereocenters. The van der Waals surface area contributed by atoms with E-state index in [4.69, 9.17) is 5.11 Å². The summed E-state index contributed by atoms with van der Waals surface area (Å²) in [6.07, 6.45) is 4.79. The molecule has 0 atom stereocenters. The molecule has 2 rings (SSSR count). The highest BCUT2D eigenvalue weighted by atomic mass is 16.3. The second-order valence-corrected chi connectivity index (χ2v) is 3.63. The summed E-state index contributed by atoms with van der Waals surface area (Å²) in [7, 11) is 0. The van der Waals surface area contributed by atoms with Crippen LogP contribution in [0.4, 0.5) is 0 Å². The maximum atomic E-state index is 8.92. The largest absolute Gasteiger partial charge is 0.395 e. The van der Waals surface area contributed by atoms with E-state index in [2.05, 4.69) is 9.55 Å². The van der Waals surface area contributed by atoms with E-state index in [0.717, 1.165) is 18.7 Å². The summed E-state index contributed by atoms with van der Waals surface area (Å²) >= 11 is 0. The highest BCUT2D eigenvalue weighted by Gasteiger charge is 2.16. The molecule has 1 aliphatic carbocycles. The van der Waals surface area contributed by atoms with Gasteiger partial charge in [-0.1, -0.05) is 0 Å². The van der Waals surface area contributed by atoms with Crippen molar-refractivity contribution in [3.63, 3.8) is 0 Å². The predicted octanol–water partition coefficient (Wildman–Crippen LogP) is 1.06. The van der Waals surface area contributed by atoms with Gasteiger partial charge in [-0.2, -0.15) is 0 Å². The Bertz CT molecular complexity index is 304. The highest BCUT2D eigenvalue weighted by molar-refractivity contribution is 5.19. The van der Waals surface area contributed by atoms with Crippen molar-refractivity contribution in [3.8, 4) is 0 Å². The minimum Gasteiger partial charge on any atom is -0.395 e. The van der Waals surface area contributed by atoms with Crippen molar-refractivity contribution in [1.82, 2.24) is 9.55 Å². The zero-order chi connectivity index (χ0) is 9.26. The molecule has 3 heteroatoms. The maximum Gasteiger partial charge on any atom is 0.106 e. The Morgan fingerprint density at radius 1 is 1.38 bits per heavy atom. The van der Waals surface area contributed by atoms with Crippen molar-refractivity contribution in [3.05, 3.63) is 17.2 Å².